The Bertz CT molecular complexity index is 165. The van der Waals surface area contributed by atoms with E-state index in [2.05, 4.69) is 36.7 Å². The van der Waals surface area contributed by atoms with Gasteiger partial charge in [-0.1, -0.05) is 43.1 Å². The van der Waals surface area contributed by atoms with E-state index in [-0.39, 0.29) is 0 Å². The van der Waals surface area contributed by atoms with Crippen LogP contribution in [-0.4, -0.2) is 44.5 Å². The normalized spacial score (nSPS) is 14.7. The van der Waals surface area contributed by atoms with Crippen LogP contribution in [0.3, 0.4) is 0 Å². The highest BCUT2D eigenvalue weighted by atomic mass is 79.9. The van der Waals surface area contributed by atoms with Crippen LogP contribution in [0.1, 0.15) is 40.0 Å². The van der Waals surface area contributed by atoms with Crippen molar-refractivity contribution in [1.82, 2.24) is 0 Å². The fourth-order valence-corrected chi connectivity index (χ4v) is 1.55. The van der Waals surface area contributed by atoms with Crippen molar-refractivity contribution in [3.05, 3.63) is 0 Å². The maximum atomic E-state index is 5.51. The third-order valence-corrected chi connectivity index (χ3v) is 3.79. The van der Waals surface area contributed by atoms with E-state index in [1.165, 1.54) is 6.42 Å². The Morgan fingerprint density at radius 2 is 1.33 bits per heavy atom. The van der Waals surface area contributed by atoms with Crippen molar-refractivity contribution in [3.63, 3.8) is 0 Å². The van der Waals surface area contributed by atoms with Crippen LogP contribution in [0.15, 0.2) is 0 Å². The van der Waals surface area contributed by atoms with Gasteiger partial charge >= 0.3 is 0 Å². The van der Waals surface area contributed by atoms with Crippen molar-refractivity contribution in [2.24, 2.45) is 5.92 Å². The minimum absolute atomic E-state index is 0.553. The van der Waals surface area contributed by atoms with Crippen LogP contribution in [0.25, 0.3) is 0 Å². The molecule has 0 saturated heterocycles. The van der Waals surface area contributed by atoms with Gasteiger partial charge in [0.05, 0.1) is 26.4 Å². The van der Waals surface area contributed by atoms with Gasteiger partial charge in [0, 0.05) is 18.0 Å². The Morgan fingerprint density at radius 3 is 1.83 bits per heavy atom. The van der Waals surface area contributed by atoms with E-state index < -0.39 is 0 Å². The van der Waals surface area contributed by atoms with E-state index in [4.69, 9.17) is 14.2 Å². The zero-order valence-electron chi connectivity index (χ0n) is 12.1. The second kappa shape index (κ2) is 13.8. The lowest BCUT2D eigenvalue weighted by molar-refractivity contribution is 0.0122. The highest BCUT2D eigenvalue weighted by Gasteiger charge is 2.07. The Balaban J connectivity index is 3.03. The predicted molar refractivity (Wildman–Crippen MR) is 79.5 cm³/mol. The Labute approximate surface area is 121 Å². The van der Waals surface area contributed by atoms with E-state index in [0.29, 0.717) is 37.2 Å². The molecule has 0 aromatic rings. The summed E-state index contributed by atoms with van der Waals surface area (Å²) in [6.45, 7) is 10.9. The van der Waals surface area contributed by atoms with Gasteiger partial charge in [-0.05, 0) is 18.8 Å². The molecule has 0 rings (SSSR count). The van der Waals surface area contributed by atoms with Gasteiger partial charge < -0.3 is 14.2 Å². The van der Waals surface area contributed by atoms with Gasteiger partial charge in [0.2, 0.25) is 0 Å². The highest BCUT2D eigenvalue weighted by molar-refractivity contribution is 9.09. The number of rotatable bonds is 13. The summed E-state index contributed by atoms with van der Waals surface area (Å²) in [5.41, 5.74) is 0. The Hall–Kier alpha value is 0.360. The lowest BCUT2D eigenvalue weighted by Gasteiger charge is -2.13. The second-order valence-corrected chi connectivity index (χ2v) is 6.08. The lowest BCUT2D eigenvalue weighted by Crippen LogP contribution is -2.13. The van der Waals surface area contributed by atoms with Gasteiger partial charge in [0.1, 0.15) is 0 Å². The van der Waals surface area contributed by atoms with E-state index in [1.54, 1.807) is 0 Å². The van der Waals surface area contributed by atoms with Gasteiger partial charge in [-0.3, -0.25) is 0 Å². The molecular weight excluding hydrogens is 296 g/mol. The van der Waals surface area contributed by atoms with Gasteiger partial charge in [-0.15, -0.1) is 0 Å². The zero-order chi connectivity index (χ0) is 13.6. The molecule has 18 heavy (non-hydrogen) atoms. The summed E-state index contributed by atoms with van der Waals surface area (Å²) in [5.74, 6) is 0.651. The van der Waals surface area contributed by atoms with E-state index in [9.17, 15) is 0 Å². The molecular formula is C14H29BrO3. The minimum Gasteiger partial charge on any atom is -0.379 e. The average molecular weight is 325 g/mol. The third-order valence-electron chi connectivity index (χ3n) is 2.89. The molecule has 0 fully saturated rings. The van der Waals surface area contributed by atoms with Crippen molar-refractivity contribution >= 4 is 15.9 Å². The molecule has 0 radical (unpaired) electrons. The molecule has 0 amide bonds. The quantitative estimate of drug-likeness (QED) is 0.382. The number of hydrogen-bond donors (Lipinski definition) is 0. The van der Waals surface area contributed by atoms with E-state index in [1.807, 2.05) is 0 Å². The summed E-state index contributed by atoms with van der Waals surface area (Å²) in [6.07, 6.45) is 3.40. The topological polar surface area (TPSA) is 27.7 Å². The second-order valence-electron chi connectivity index (χ2n) is 4.63. The van der Waals surface area contributed by atoms with Crippen LogP contribution in [0, 0.1) is 5.92 Å². The number of ether oxygens (including phenoxy) is 3. The highest BCUT2D eigenvalue weighted by Crippen LogP contribution is 2.14. The first-order chi connectivity index (χ1) is 8.68. The van der Waals surface area contributed by atoms with Gasteiger partial charge in [0.25, 0.3) is 0 Å². The summed E-state index contributed by atoms with van der Waals surface area (Å²) in [7, 11) is 0. The predicted octanol–water partition coefficient (Wildman–Crippen LogP) is 3.65. The molecule has 0 aliphatic carbocycles. The maximum Gasteiger partial charge on any atom is 0.0701 e. The molecule has 3 nitrogen and oxygen atoms in total. The smallest absolute Gasteiger partial charge is 0.0701 e. The van der Waals surface area contributed by atoms with Crippen LogP contribution >= 0.6 is 15.9 Å². The van der Waals surface area contributed by atoms with Crippen LogP contribution in [0.4, 0.5) is 0 Å². The van der Waals surface area contributed by atoms with Crippen LogP contribution in [0.5, 0.6) is 0 Å². The SMILES string of the molecule is CCCCOCCOCCOCCC(C)C(C)Br. The fourth-order valence-electron chi connectivity index (χ4n) is 1.29. The van der Waals surface area contributed by atoms with Crippen LogP contribution in [0.2, 0.25) is 0 Å². The molecule has 0 saturated carbocycles. The van der Waals surface area contributed by atoms with Crippen molar-refractivity contribution < 1.29 is 14.2 Å². The van der Waals surface area contributed by atoms with Gasteiger partial charge in [-0.25, -0.2) is 0 Å². The molecule has 0 aromatic carbocycles. The van der Waals surface area contributed by atoms with Crippen molar-refractivity contribution in [2.45, 2.75) is 44.9 Å². The molecule has 0 N–H and O–H groups in total. The van der Waals surface area contributed by atoms with Crippen molar-refractivity contribution in [1.29, 1.82) is 0 Å². The average Bonchev–Trinajstić information content (AvgIpc) is 2.35. The van der Waals surface area contributed by atoms with Crippen LogP contribution < -0.4 is 0 Å². The number of hydrogen-bond acceptors (Lipinski definition) is 3. The molecule has 0 aliphatic rings. The summed E-state index contributed by atoms with van der Waals surface area (Å²) in [6, 6.07) is 0. The summed E-state index contributed by atoms with van der Waals surface area (Å²) < 4.78 is 16.3. The van der Waals surface area contributed by atoms with Crippen molar-refractivity contribution in [2.75, 3.05) is 39.6 Å². The van der Waals surface area contributed by atoms with Gasteiger partial charge in [0.15, 0.2) is 0 Å². The Kier molecular flexibility index (Phi) is 14.1. The van der Waals surface area contributed by atoms with E-state index in [0.717, 1.165) is 26.1 Å². The lowest BCUT2D eigenvalue weighted by atomic mass is 10.1. The first kappa shape index (κ1) is 18.4. The van der Waals surface area contributed by atoms with E-state index >= 15 is 0 Å². The number of alkyl halides is 1. The van der Waals surface area contributed by atoms with Gasteiger partial charge in [-0.2, -0.15) is 0 Å². The number of unbranched alkanes of at least 4 members (excludes halogenated alkanes) is 1. The largest absolute Gasteiger partial charge is 0.379 e. The standard InChI is InChI=1S/C14H29BrO3/c1-4-5-7-16-9-11-18-12-10-17-8-6-13(2)14(3)15/h13-14H,4-12H2,1-3H3. The molecule has 0 spiro atoms. The molecule has 0 bridgehead atoms. The summed E-state index contributed by atoms with van der Waals surface area (Å²) in [5, 5.41) is 0. The van der Waals surface area contributed by atoms with Crippen LogP contribution in [-0.2, 0) is 14.2 Å². The Morgan fingerprint density at radius 1 is 0.833 bits per heavy atom. The van der Waals surface area contributed by atoms with Crippen molar-refractivity contribution in [3.8, 4) is 0 Å². The summed E-state index contributed by atoms with van der Waals surface area (Å²) >= 11 is 3.57. The molecule has 0 aromatic heterocycles. The fraction of sp³-hybridized carbons (Fsp3) is 1.00. The monoisotopic (exact) mass is 324 g/mol. The summed E-state index contributed by atoms with van der Waals surface area (Å²) in [4.78, 5) is 0.553. The first-order valence-corrected chi connectivity index (χ1v) is 7.97. The molecule has 0 aliphatic heterocycles. The molecule has 4 heteroatoms. The molecule has 0 heterocycles. The molecule has 110 valence electrons. The number of halogens is 1. The zero-order valence-corrected chi connectivity index (χ0v) is 13.7. The first-order valence-electron chi connectivity index (χ1n) is 7.05. The third kappa shape index (κ3) is 12.8. The molecule has 2 unspecified atom stereocenters. The maximum absolute atomic E-state index is 5.51. The molecule has 2 atom stereocenters. The minimum atomic E-state index is 0.553.